The number of nitrogens with two attached hydrogens (primary N) is 1. The molecule has 0 aromatic carbocycles. The fourth-order valence-corrected chi connectivity index (χ4v) is 4.12. The number of ether oxygens (including phenoxy) is 2. The normalized spacial score (nSPS) is 31.8. The lowest BCUT2D eigenvalue weighted by Crippen LogP contribution is -2.43. The summed E-state index contributed by atoms with van der Waals surface area (Å²) in [5, 5.41) is 4.24. The van der Waals surface area contributed by atoms with Gasteiger partial charge >= 0.3 is 0 Å². The molecule has 5 nitrogen and oxygen atoms in total. The quantitative estimate of drug-likeness (QED) is 0.921. The molecule has 1 spiro atoms. The lowest BCUT2D eigenvalue weighted by Gasteiger charge is -2.39. The molecule has 3 atom stereocenters. The van der Waals surface area contributed by atoms with Crippen molar-refractivity contribution in [2.75, 3.05) is 19.8 Å². The van der Waals surface area contributed by atoms with Crippen molar-refractivity contribution in [1.82, 2.24) is 9.59 Å². The summed E-state index contributed by atoms with van der Waals surface area (Å²) in [5.74, 6) is 0.448. The van der Waals surface area contributed by atoms with E-state index in [1.807, 2.05) is 0 Å². The number of hydrogen-bond donors (Lipinski definition) is 1. The van der Waals surface area contributed by atoms with Gasteiger partial charge in [0.15, 0.2) is 0 Å². The van der Waals surface area contributed by atoms with E-state index in [1.165, 1.54) is 16.4 Å². The molecule has 1 aromatic rings. The summed E-state index contributed by atoms with van der Waals surface area (Å²) in [7, 11) is 0. The predicted octanol–water partition coefficient (Wildman–Crippen LogP) is 2.08. The SMILES string of the molecule is CCCc1nnsc1C(N)C1CCOC2(CCOC2)C1. The summed E-state index contributed by atoms with van der Waals surface area (Å²) >= 11 is 1.46. The van der Waals surface area contributed by atoms with Crippen LogP contribution in [-0.2, 0) is 15.9 Å². The molecule has 2 N–H and O–H groups in total. The smallest absolute Gasteiger partial charge is 0.0940 e. The molecule has 6 heteroatoms. The lowest BCUT2D eigenvalue weighted by molar-refractivity contribution is -0.101. The zero-order chi connectivity index (χ0) is 14.0. The molecule has 3 unspecified atom stereocenters. The Kier molecular flexibility index (Phi) is 4.35. The molecule has 0 bridgehead atoms. The molecule has 2 fully saturated rings. The maximum absolute atomic E-state index is 6.53. The second kappa shape index (κ2) is 6.05. The Labute approximate surface area is 124 Å². The van der Waals surface area contributed by atoms with Crippen LogP contribution in [0.4, 0.5) is 0 Å². The van der Waals surface area contributed by atoms with E-state index < -0.39 is 0 Å². The average Bonchev–Trinajstić information content (AvgIpc) is 3.09. The second-order valence-electron chi connectivity index (χ2n) is 5.95. The summed E-state index contributed by atoms with van der Waals surface area (Å²) in [6, 6.07) is 0.0397. The summed E-state index contributed by atoms with van der Waals surface area (Å²) in [5.41, 5.74) is 7.54. The van der Waals surface area contributed by atoms with Gasteiger partial charge in [-0.15, -0.1) is 5.10 Å². The minimum atomic E-state index is -0.0798. The van der Waals surface area contributed by atoms with Crippen LogP contribution in [0.3, 0.4) is 0 Å². The Balaban J connectivity index is 1.72. The number of aryl methyl sites for hydroxylation is 1. The number of aromatic nitrogens is 2. The van der Waals surface area contributed by atoms with E-state index in [9.17, 15) is 0 Å². The van der Waals surface area contributed by atoms with Gasteiger partial charge in [-0.25, -0.2) is 0 Å². The highest BCUT2D eigenvalue weighted by molar-refractivity contribution is 7.05. The van der Waals surface area contributed by atoms with Crippen molar-refractivity contribution >= 4 is 11.5 Å². The molecule has 3 rings (SSSR count). The van der Waals surface area contributed by atoms with E-state index in [-0.39, 0.29) is 11.6 Å². The van der Waals surface area contributed by atoms with Crippen molar-refractivity contribution in [3.8, 4) is 0 Å². The van der Waals surface area contributed by atoms with Gasteiger partial charge in [0.2, 0.25) is 0 Å². The Morgan fingerprint density at radius 3 is 3.15 bits per heavy atom. The third kappa shape index (κ3) is 2.74. The van der Waals surface area contributed by atoms with Gasteiger partial charge in [0.1, 0.15) is 0 Å². The number of rotatable bonds is 4. The highest BCUT2D eigenvalue weighted by Crippen LogP contribution is 2.41. The highest BCUT2D eigenvalue weighted by Gasteiger charge is 2.43. The fourth-order valence-electron chi connectivity index (χ4n) is 3.33. The Morgan fingerprint density at radius 2 is 2.40 bits per heavy atom. The molecule has 0 radical (unpaired) electrons. The lowest BCUT2D eigenvalue weighted by atomic mass is 9.80. The molecule has 2 aliphatic rings. The molecule has 2 saturated heterocycles. The highest BCUT2D eigenvalue weighted by atomic mass is 32.1. The molecule has 0 amide bonds. The molecule has 0 aliphatic carbocycles. The van der Waals surface area contributed by atoms with Crippen LogP contribution in [0.1, 0.15) is 49.2 Å². The van der Waals surface area contributed by atoms with E-state index in [1.54, 1.807) is 0 Å². The fraction of sp³-hybridized carbons (Fsp3) is 0.857. The molecular formula is C14H23N3O2S. The van der Waals surface area contributed by atoms with Crippen LogP contribution in [0.2, 0.25) is 0 Å². The van der Waals surface area contributed by atoms with Crippen molar-refractivity contribution in [3.63, 3.8) is 0 Å². The largest absolute Gasteiger partial charge is 0.378 e. The first-order valence-electron chi connectivity index (χ1n) is 7.52. The van der Waals surface area contributed by atoms with Crippen LogP contribution in [0.5, 0.6) is 0 Å². The Bertz CT molecular complexity index is 445. The molecule has 3 heterocycles. The second-order valence-corrected chi connectivity index (χ2v) is 6.73. The predicted molar refractivity (Wildman–Crippen MR) is 77.7 cm³/mol. The summed E-state index contributed by atoms with van der Waals surface area (Å²) in [4.78, 5) is 1.17. The van der Waals surface area contributed by atoms with Gasteiger partial charge in [-0.05, 0) is 36.7 Å². The Hall–Kier alpha value is -0.560. The van der Waals surface area contributed by atoms with Crippen LogP contribution in [0, 0.1) is 5.92 Å². The third-order valence-corrected chi connectivity index (χ3v) is 5.35. The van der Waals surface area contributed by atoms with E-state index in [2.05, 4.69) is 16.5 Å². The van der Waals surface area contributed by atoms with E-state index in [4.69, 9.17) is 15.2 Å². The topological polar surface area (TPSA) is 70.3 Å². The first-order valence-corrected chi connectivity index (χ1v) is 8.30. The van der Waals surface area contributed by atoms with Gasteiger partial charge in [-0.1, -0.05) is 17.8 Å². The maximum Gasteiger partial charge on any atom is 0.0940 e. The van der Waals surface area contributed by atoms with Crippen LogP contribution in [0.25, 0.3) is 0 Å². The monoisotopic (exact) mass is 297 g/mol. The molecular weight excluding hydrogens is 274 g/mol. The summed E-state index contributed by atoms with van der Waals surface area (Å²) < 4.78 is 15.6. The maximum atomic E-state index is 6.53. The van der Waals surface area contributed by atoms with Crippen LogP contribution in [0.15, 0.2) is 0 Å². The average molecular weight is 297 g/mol. The first-order chi connectivity index (χ1) is 9.74. The van der Waals surface area contributed by atoms with Gasteiger partial charge in [0.25, 0.3) is 0 Å². The third-order valence-electron chi connectivity index (χ3n) is 4.48. The van der Waals surface area contributed by atoms with Gasteiger partial charge in [0.05, 0.1) is 22.8 Å². The van der Waals surface area contributed by atoms with Gasteiger partial charge < -0.3 is 15.2 Å². The van der Waals surface area contributed by atoms with Crippen molar-refractivity contribution < 1.29 is 9.47 Å². The van der Waals surface area contributed by atoms with Crippen LogP contribution in [-0.4, -0.2) is 35.0 Å². The Morgan fingerprint density at radius 1 is 1.50 bits per heavy atom. The van der Waals surface area contributed by atoms with Crippen molar-refractivity contribution in [2.45, 2.75) is 50.7 Å². The van der Waals surface area contributed by atoms with Crippen molar-refractivity contribution in [1.29, 1.82) is 0 Å². The molecule has 2 aliphatic heterocycles. The van der Waals surface area contributed by atoms with Crippen molar-refractivity contribution in [2.24, 2.45) is 11.7 Å². The summed E-state index contributed by atoms with van der Waals surface area (Å²) in [6.45, 7) is 4.48. The standard InChI is InChI=1S/C14H23N3O2S/c1-2-3-11-13(20-17-16-11)12(15)10-4-6-19-14(8-10)5-7-18-9-14/h10,12H,2-9,15H2,1H3. The number of nitrogens with zero attached hydrogens (tertiary/aromatic N) is 2. The van der Waals surface area contributed by atoms with Crippen LogP contribution < -0.4 is 5.73 Å². The molecule has 1 aromatic heterocycles. The van der Waals surface area contributed by atoms with E-state index >= 15 is 0 Å². The van der Waals surface area contributed by atoms with Gasteiger partial charge in [-0.3, -0.25) is 0 Å². The molecule has 112 valence electrons. The zero-order valence-electron chi connectivity index (χ0n) is 12.0. The zero-order valence-corrected chi connectivity index (χ0v) is 12.8. The molecule has 20 heavy (non-hydrogen) atoms. The van der Waals surface area contributed by atoms with E-state index in [0.717, 1.165) is 57.6 Å². The minimum absolute atomic E-state index is 0.0397. The molecule has 0 saturated carbocycles. The summed E-state index contributed by atoms with van der Waals surface area (Å²) in [6.07, 6.45) is 5.07. The van der Waals surface area contributed by atoms with E-state index in [0.29, 0.717) is 5.92 Å². The van der Waals surface area contributed by atoms with Crippen molar-refractivity contribution in [3.05, 3.63) is 10.6 Å². The minimum Gasteiger partial charge on any atom is -0.378 e. The van der Waals surface area contributed by atoms with Gasteiger partial charge in [0, 0.05) is 25.7 Å². The van der Waals surface area contributed by atoms with Crippen LogP contribution >= 0.6 is 11.5 Å². The van der Waals surface area contributed by atoms with Gasteiger partial charge in [-0.2, -0.15) is 0 Å². The first kappa shape index (κ1) is 14.4. The number of hydrogen-bond acceptors (Lipinski definition) is 6.